The van der Waals surface area contributed by atoms with E-state index < -0.39 is 17.6 Å². The molecule has 0 unspecified atom stereocenters. The van der Waals surface area contributed by atoms with Crippen molar-refractivity contribution in [2.45, 2.75) is 56.7 Å². The fourth-order valence-electron chi connectivity index (χ4n) is 3.60. The van der Waals surface area contributed by atoms with Gasteiger partial charge in [0, 0.05) is 19.6 Å². The first kappa shape index (κ1) is 22.4. The Morgan fingerprint density at radius 2 is 2.11 bits per heavy atom. The topological polar surface area (TPSA) is 160 Å². The van der Waals surface area contributed by atoms with Crippen LogP contribution in [0.4, 0.5) is 0 Å². The number of ketones is 1. The Balaban J connectivity index is 2.04. The van der Waals surface area contributed by atoms with E-state index in [1.807, 2.05) is 11.9 Å². The van der Waals surface area contributed by atoms with Gasteiger partial charge in [-0.25, -0.2) is 5.01 Å². The van der Waals surface area contributed by atoms with Crippen molar-refractivity contribution >= 4 is 35.2 Å². The van der Waals surface area contributed by atoms with Gasteiger partial charge in [-0.1, -0.05) is 6.92 Å². The molecule has 0 saturated carbocycles. The maximum absolute atomic E-state index is 12.9. The molecule has 28 heavy (non-hydrogen) atoms. The molecule has 7 N–H and O–H groups in total. The third-order valence-corrected chi connectivity index (χ3v) is 5.69. The Bertz CT molecular complexity index is 640. The molecule has 2 rings (SSSR count). The minimum atomic E-state index is -0.953. The summed E-state index contributed by atoms with van der Waals surface area (Å²) in [6, 6.07) is -1.42. The van der Waals surface area contributed by atoms with Crippen molar-refractivity contribution in [1.29, 1.82) is 0 Å². The lowest BCUT2D eigenvalue weighted by atomic mass is 9.90. The predicted octanol–water partition coefficient (Wildman–Crippen LogP) is -1.34. The number of carbonyl (C=O) groups is 3. The van der Waals surface area contributed by atoms with Gasteiger partial charge in [0.15, 0.2) is 11.7 Å². The molecule has 2 heterocycles. The lowest BCUT2D eigenvalue weighted by molar-refractivity contribution is -0.165. The number of hydrogen-bond acceptors (Lipinski definition) is 6. The molecule has 2 aliphatic heterocycles. The molecule has 2 saturated heterocycles. The van der Waals surface area contributed by atoms with Gasteiger partial charge in [-0.15, -0.1) is 11.6 Å². The summed E-state index contributed by atoms with van der Waals surface area (Å²) in [6.07, 6.45) is 2.42. The molecule has 0 aromatic carbocycles. The standard InChI is InChI=1S/C17H30ClN7O3/c1-2-17(21)6-9-24-8-5-12(25(24)15(17)28)14(27)23-11(13(26)10-18)4-3-7-22-16(19)20/h11-12H,2-10,21H2,1H3,(H,23,27)(H4,19,20,22)/t11-,12-,17-/m0/s1. The Morgan fingerprint density at radius 3 is 2.71 bits per heavy atom. The average molecular weight is 416 g/mol. The van der Waals surface area contributed by atoms with Gasteiger partial charge in [0.1, 0.15) is 6.04 Å². The highest BCUT2D eigenvalue weighted by atomic mass is 35.5. The predicted molar refractivity (Wildman–Crippen MR) is 106 cm³/mol. The summed E-state index contributed by atoms with van der Waals surface area (Å²) in [5, 5.41) is 6.09. The number of guanidine groups is 1. The maximum Gasteiger partial charge on any atom is 0.257 e. The summed E-state index contributed by atoms with van der Waals surface area (Å²) < 4.78 is 0. The third-order valence-electron chi connectivity index (χ3n) is 5.43. The van der Waals surface area contributed by atoms with Crippen molar-refractivity contribution < 1.29 is 14.4 Å². The molecule has 158 valence electrons. The van der Waals surface area contributed by atoms with Crippen LogP contribution in [-0.4, -0.2) is 76.7 Å². The van der Waals surface area contributed by atoms with Crippen LogP contribution in [-0.2, 0) is 14.4 Å². The van der Waals surface area contributed by atoms with Crippen molar-refractivity contribution in [3.05, 3.63) is 0 Å². The number of fused-ring (bicyclic) bond motifs is 1. The van der Waals surface area contributed by atoms with Crippen LogP contribution in [0.25, 0.3) is 0 Å². The number of hydrazine groups is 1. The summed E-state index contributed by atoms with van der Waals surface area (Å²) in [7, 11) is 0. The molecule has 3 atom stereocenters. The first-order chi connectivity index (χ1) is 13.2. The number of aliphatic imine (C=N–C) groups is 1. The summed E-state index contributed by atoms with van der Waals surface area (Å²) in [5.74, 6) is -1.15. The largest absolute Gasteiger partial charge is 0.370 e. The lowest BCUT2D eigenvalue weighted by Crippen LogP contribution is -2.66. The van der Waals surface area contributed by atoms with Gasteiger partial charge < -0.3 is 22.5 Å². The van der Waals surface area contributed by atoms with Gasteiger partial charge >= 0.3 is 0 Å². The number of nitrogens with two attached hydrogens (primary N) is 3. The molecule has 0 spiro atoms. The van der Waals surface area contributed by atoms with Crippen molar-refractivity contribution in [1.82, 2.24) is 15.3 Å². The van der Waals surface area contributed by atoms with E-state index in [1.54, 1.807) is 0 Å². The summed E-state index contributed by atoms with van der Waals surface area (Å²) in [6.45, 7) is 3.44. The fraction of sp³-hybridized carbons (Fsp3) is 0.765. The number of nitrogens with one attached hydrogen (secondary N) is 1. The van der Waals surface area contributed by atoms with Crippen LogP contribution in [0.3, 0.4) is 0 Å². The highest BCUT2D eigenvalue weighted by Crippen LogP contribution is 2.30. The van der Waals surface area contributed by atoms with Crippen LogP contribution in [0.1, 0.15) is 39.0 Å². The van der Waals surface area contributed by atoms with Gasteiger partial charge in [0.2, 0.25) is 5.91 Å². The quantitative estimate of drug-likeness (QED) is 0.157. The van der Waals surface area contributed by atoms with Gasteiger partial charge in [-0.3, -0.25) is 24.4 Å². The molecular formula is C17H30ClN7O3. The monoisotopic (exact) mass is 415 g/mol. The zero-order valence-corrected chi connectivity index (χ0v) is 17.0. The molecule has 2 aliphatic rings. The van der Waals surface area contributed by atoms with Crippen LogP contribution in [0.2, 0.25) is 0 Å². The third kappa shape index (κ3) is 4.92. The number of nitrogens with zero attached hydrogens (tertiary/aromatic N) is 3. The van der Waals surface area contributed by atoms with Crippen LogP contribution in [0.15, 0.2) is 4.99 Å². The highest BCUT2D eigenvalue weighted by molar-refractivity contribution is 6.28. The Hall–Kier alpha value is -1.91. The van der Waals surface area contributed by atoms with E-state index in [1.165, 1.54) is 5.01 Å². The molecule has 10 nitrogen and oxygen atoms in total. The molecule has 0 aliphatic carbocycles. The second-order valence-corrected chi connectivity index (χ2v) is 7.54. The number of Topliss-reactive ketones (excluding diaryl/α,β-unsaturated/α-hetero) is 1. The summed E-state index contributed by atoms with van der Waals surface area (Å²) in [4.78, 5) is 41.8. The van der Waals surface area contributed by atoms with E-state index in [0.717, 1.165) is 0 Å². The number of rotatable bonds is 9. The van der Waals surface area contributed by atoms with Crippen LogP contribution in [0, 0.1) is 0 Å². The smallest absolute Gasteiger partial charge is 0.257 e. The van der Waals surface area contributed by atoms with Crippen molar-refractivity contribution in [2.75, 3.05) is 25.5 Å². The highest BCUT2D eigenvalue weighted by Gasteiger charge is 2.50. The van der Waals surface area contributed by atoms with Crippen molar-refractivity contribution in [3.8, 4) is 0 Å². The molecule has 2 amide bonds. The second kappa shape index (κ2) is 9.53. The van der Waals surface area contributed by atoms with Crippen molar-refractivity contribution in [2.24, 2.45) is 22.2 Å². The normalized spacial score (nSPS) is 25.9. The van der Waals surface area contributed by atoms with Gasteiger partial charge in [-0.2, -0.15) is 0 Å². The zero-order chi connectivity index (χ0) is 20.9. The van der Waals surface area contributed by atoms with Crippen LogP contribution < -0.4 is 22.5 Å². The van der Waals surface area contributed by atoms with Gasteiger partial charge in [-0.05, 0) is 32.1 Å². The fourth-order valence-corrected chi connectivity index (χ4v) is 3.79. The molecule has 0 aromatic heterocycles. The average Bonchev–Trinajstić information content (AvgIpc) is 3.11. The molecule has 0 radical (unpaired) electrons. The second-order valence-electron chi connectivity index (χ2n) is 7.28. The molecule has 11 heteroatoms. The Morgan fingerprint density at radius 1 is 1.39 bits per heavy atom. The van der Waals surface area contributed by atoms with E-state index in [4.69, 9.17) is 28.8 Å². The van der Waals surface area contributed by atoms with Crippen LogP contribution >= 0.6 is 11.6 Å². The molecule has 0 aromatic rings. The lowest BCUT2D eigenvalue weighted by Gasteiger charge is -2.44. The number of carbonyl (C=O) groups excluding carboxylic acids is 3. The Kier molecular flexibility index (Phi) is 7.62. The minimum absolute atomic E-state index is 0.0277. The van der Waals surface area contributed by atoms with E-state index in [0.29, 0.717) is 51.7 Å². The first-order valence-corrected chi connectivity index (χ1v) is 10.1. The Labute approximate surface area is 169 Å². The molecule has 0 bridgehead atoms. The van der Waals surface area contributed by atoms with Crippen LogP contribution in [0.5, 0.6) is 0 Å². The van der Waals surface area contributed by atoms with E-state index in [2.05, 4.69) is 10.3 Å². The summed E-state index contributed by atoms with van der Waals surface area (Å²) >= 11 is 5.69. The number of hydrogen-bond donors (Lipinski definition) is 4. The number of amides is 2. The maximum atomic E-state index is 12.9. The minimum Gasteiger partial charge on any atom is -0.370 e. The van der Waals surface area contributed by atoms with Gasteiger partial charge in [0.05, 0.1) is 17.5 Å². The first-order valence-electron chi connectivity index (χ1n) is 9.55. The number of alkyl halides is 1. The molecular weight excluding hydrogens is 386 g/mol. The molecule has 2 fully saturated rings. The van der Waals surface area contributed by atoms with E-state index in [9.17, 15) is 14.4 Å². The van der Waals surface area contributed by atoms with Gasteiger partial charge in [0.25, 0.3) is 5.91 Å². The summed E-state index contributed by atoms with van der Waals surface area (Å²) in [5.41, 5.74) is 15.9. The van der Waals surface area contributed by atoms with Crippen molar-refractivity contribution in [3.63, 3.8) is 0 Å². The van der Waals surface area contributed by atoms with E-state index >= 15 is 0 Å². The SMILES string of the molecule is CC[C@]1(N)CCN2CC[C@@H](C(=O)N[C@@H](CCCN=C(N)N)C(=O)CCl)N2C1=O. The van der Waals surface area contributed by atoms with E-state index in [-0.39, 0.29) is 29.4 Å². The zero-order valence-electron chi connectivity index (χ0n) is 16.2. The number of halogens is 1.